The van der Waals surface area contributed by atoms with Crippen LogP contribution in [0, 0.1) is 0 Å². The fraction of sp³-hybridized carbons (Fsp3) is 0.500. The van der Waals surface area contributed by atoms with Crippen molar-refractivity contribution in [3.8, 4) is 0 Å². The summed E-state index contributed by atoms with van der Waals surface area (Å²) in [6.07, 6.45) is 2.76. The lowest BCUT2D eigenvalue weighted by molar-refractivity contribution is -0.127. The molecular formula is C14H21NO. The third kappa shape index (κ3) is 3.69. The molecule has 0 radical (unpaired) electrons. The van der Waals surface area contributed by atoms with Crippen molar-refractivity contribution in [2.24, 2.45) is 0 Å². The van der Waals surface area contributed by atoms with Crippen LogP contribution in [0.4, 0.5) is 0 Å². The lowest BCUT2D eigenvalue weighted by atomic mass is 10.1. The first kappa shape index (κ1) is 12.8. The molecule has 1 saturated heterocycles. The summed E-state index contributed by atoms with van der Waals surface area (Å²) in [5.41, 5.74) is 1.31. The zero-order valence-electron chi connectivity index (χ0n) is 10.3. The van der Waals surface area contributed by atoms with E-state index in [1.165, 1.54) is 5.56 Å². The van der Waals surface area contributed by atoms with E-state index >= 15 is 0 Å². The Kier molecular flexibility index (Phi) is 5.62. The maximum atomic E-state index is 11.3. The molecule has 1 aromatic rings. The van der Waals surface area contributed by atoms with Crippen LogP contribution in [0.25, 0.3) is 0 Å². The molecule has 1 heterocycles. The summed E-state index contributed by atoms with van der Waals surface area (Å²) in [6.45, 7) is 5.83. The molecule has 0 spiro atoms. The topological polar surface area (TPSA) is 20.3 Å². The van der Waals surface area contributed by atoms with Gasteiger partial charge in [-0.1, -0.05) is 44.2 Å². The fourth-order valence-electron chi connectivity index (χ4n) is 1.85. The summed E-state index contributed by atoms with van der Waals surface area (Å²) in [5, 5.41) is 0. The van der Waals surface area contributed by atoms with Gasteiger partial charge in [0, 0.05) is 19.5 Å². The number of rotatable bonds is 3. The van der Waals surface area contributed by atoms with Crippen LogP contribution < -0.4 is 0 Å². The summed E-state index contributed by atoms with van der Waals surface area (Å²) in [7, 11) is 0. The van der Waals surface area contributed by atoms with Gasteiger partial charge in [-0.2, -0.15) is 0 Å². The Morgan fingerprint density at radius 3 is 2.44 bits per heavy atom. The van der Waals surface area contributed by atoms with Gasteiger partial charge in [-0.3, -0.25) is 4.79 Å². The Bertz CT molecular complexity index is 308. The lowest BCUT2D eigenvalue weighted by Crippen LogP contribution is -2.26. The van der Waals surface area contributed by atoms with E-state index in [0.717, 1.165) is 32.4 Å². The number of carbonyl (C=O) groups is 1. The molecular weight excluding hydrogens is 198 g/mol. The van der Waals surface area contributed by atoms with E-state index in [4.69, 9.17) is 0 Å². The number of benzene rings is 1. The lowest BCUT2D eigenvalue weighted by Gasteiger charge is -2.14. The Balaban J connectivity index is 0.000000606. The largest absolute Gasteiger partial charge is 0.342 e. The molecule has 2 rings (SSSR count). The SMILES string of the molecule is CC.O=C1CCCN1CCc1ccccc1. The van der Waals surface area contributed by atoms with Gasteiger partial charge in [0.2, 0.25) is 5.91 Å². The Morgan fingerprint density at radius 1 is 1.19 bits per heavy atom. The second-order valence-corrected chi connectivity index (χ2v) is 3.72. The normalized spacial score (nSPS) is 14.6. The zero-order chi connectivity index (χ0) is 11.8. The van der Waals surface area contributed by atoms with Gasteiger partial charge >= 0.3 is 0 Å². The molecule has 0 unspecified atom stereocenters. The molecule has 0 N–H and O–H groups in total. The van der Waals surface area contributed by atoms with Crippen LogP contribution in [0.5, 0.6) is 0 Å². The molecule has 16 heavy (non-hydrogen) atoms. The fourth-order valence-corrected chi connectivity index (χ4v) is 1.85. The Hall–Kier alpha value is -1.31. The quantitative estimate of drug-likeness (QED) is 0.765. The van der Waals surface area contributed by atoms with E-state index in [0.29, 0.717) is 5.91 Å². The Labute approximate surface area is 98.3 Å². The molecule has 1 fully saturated rings. The maximum absolute atomic E-state index is 11.3. The first-order valence-electron chi connectivity index (χ1n) is 6.18. The third-order valence-electron chi connectivity index (χ3n) is 2.68. The van der Waals surface area contributed by atoms with Crippen molar-refractivity contribution in [3.63, 3.8) is 0 Å². The number of likely N-dealkylation sites (tertiary alicyclic amines) is 1. The van der Waals surface area contributed by atoms with Crippen molar-refractivity contribution in [1.82, 2.24) is 4.90 Å². The second-order valence-electron chi connectivity index (χ2n) is 3.72. The molecule has 2 nitrogen and oxygen atoms in total. The standard InChI is InChI=1S/C12H15NO.C2H6/c14-12-7-4-9-13(12)10-8-11-5-2-1-3-6-11;1-2/h1-3,5-6H,4,7-10H2;1-2H3. The average molecular weight is 219 g/mol. The zero-order valence-corrected chi connectivity index (χ0v) is 10.3. The molecule has 1 aromatic carbocycles. The average Bonchev–Trinajstić information content (AvgIpc) is 2.76. The summed E-state index contributed by atoms with van der Waals surface area (Å²) in [5.74, 6) is 0.320. The van der Waals surface area contributed by atoms with E-state index in [2.05, 4.69) is 12.1 Å². The predicted molar refractivity (Wildman–Crippen MR) is 67.3 cm³/mol. The van der Waals surface area contributed by atoms with Gasteiger partial charge in [0.15, 0.2) is 0 Å². The van der Waals surface area contributed by atoms with Crippen LogP contribution in [-0.4, -0.2) is 23.9 Å². The predicted octanol–water partition coefficient (Wildman–Crippen LogP) is 2.88. The van der Waals surface area contributed by atoms with Gasteiger partial charge in [-0.05, 0) is 18.4 Å². The number of hydrogen-bond donors (Lipinski definition) is 0. The molecule has 0 aliphatic carbocycles. The molecule has 1 amide bonds. The molecule has 1 aliphatic heterocycles. The van der Waals surface area contributed by atoms with E-state index in [9.17, 15) is 4.79 Å². The van der Waals surface area contributed by atoms with Gasteiger partial charge in [0.1, 0.15) is 0 Å². The van der Waals surface area contributed by atoms with E-state index in [1.807, 2.05) is 36.9 Å². The highest BCUT2D eigenvalue weighted by molar-refractivity contribution is 5.78. The molecule has 1 aliphatic rings. The van der Waals surface area contributed by atoms with Gasteiger partial charge in [0.05, 0.1) is 0 Å². The third-order valence-corrected chi connectivity index (χ3v) is 2.68. The van der Waals surface area contributed by atoms with Gasteiger partial charge < -0.3 is 4.90 Å². The van der Waals surface area contributed by atoms with E-state index in [-0.39, 0.29) is 0 Å². The maximum Gasteiger partial charge on any atom is 0.222 e. The number of carbonyl (C=O) groups excluding carboxylic acids is 1. The van der Waals surface area contributed by atoms with Crippen molar-refractivity contribution in [2.45, 2.75) is 33.1 Å². The summed E-state index contributed by atoms with van der Waals surface area (Å²) < 4.78 is 0. The minimum Gasteiger partial charge on any atom is -0.342 e. The van der Waals surface area contributed by atoms with Gasteiger partial charge in [-0.15, -0.1) is 0 Å². The van der Waals surface area contributed by atoms with Crippen LogP contribution >= 0.6 is 0 Å². The second kappa shape index (κ2) is 7.04. The Morgan fingerprint density at radius 2 is 1.88 bits per heavy atom. The highest BCUT2D eigenvalue weighted by atomic mass is 16.2. The monoisotopic (exact) mass is 219 g/mol. The highest BCUT2D eigenvalue weighted by Gasteiger charge is 2.18. The number of hydrogen-bond acceptors (Lipinski definition) is 1. The molecule has 0 bridgehead atoms. The summed E-state index contributed by atoms with van der Waals surface area (Å²) >= 11 is 0. The first-order chi connectivity index (χ1) is 7.86. The van der Waals surface area contributed by atoms with Gasteiger partial charge in [0.25, 0.3) is 0 Å². The highest BCUT2D eigenvalue weighted by Crippen LogP contribution is 2.10. The van der Waals surface area contributed by atoms with Crippen molar-refractivity contribution in [3.05, 3.63) is 35.9 Å². The van der Waals surface area contributed by atoms with Crippen LogP contribution in [0.3, 0.4) is 0 Å². The first-order valence-corrected chi connectivity index (χ1v) is 6.18. The molecule has 0 saturated carbocycles. The van der Waals surface area contributed by atoms with Crippen molar-refractivity contribution in [2.75, 3.05) is 13.1 Å². The number of amides is 1. The molecule has 0 atom stereocenters. The molecule has 0 aromatic heterocycles. The molecule has 2 heteroatoms. The minimum atomic E-state index is 0.320. The van der Waals surface area contributed by atoms with Crippen molar-refractivity contribution >= 4 is 5.91 Å². The van der Waals surface area contributed by atoms with E-state index in [1.54, 1.807) is 0 Å². The summed E-state index contributed by atoms with van der Waals surface area (Å²) in [4.78, 5) is 13.3. The van der Waals surface area contributed by atoms with Crippen molar-refractivity contribution in [1.29, 1.82) is 0 Å². The number of nitrogens with zero attached hydrogens (tertiary/aromatic N) is 1. The minimum absolute atomic E-state index is 0.320. The van der Waals surface area contributed by atoms with Crippen LogP contribution in [-0.2, 0) is 11.2 Å². The van der Waals surface area contributed by atoms with E-state index < -0.39 is 0 Å². The summed E-state index contributed by atoms with van der Waals surface area (Å²) in [6, 6.07) is 10.3. The smallest absolute Gasteiger partial charge is 0.222 e. The van der Waals surface area contributed by atoms with Gasteiger partial charge in [-0.25, -0.2) is 0 Å². The van der Waals surface area contributed by atoms with Crippen LogP contribution in [0.2, 0.25) is 0 Å². The van der Waals surface area contributed by atoms with Crippen molar-refractivity contribution < 1.29 is 4.79 Å². The molecule has 88 valence electrons. The van der Waals surface area contributed by atoms with Crippen LogP contribution in [0.1, 0.15) is 32.3 Å². The van der Waals surface area contributed by atoms with Crippen LogP contribution in [0.15, 0.2) is 30.3 Å².